The predicted molar refractivity (Wildman–Crippen MR) is 120 cm³/mol. The van der Waals surface area contributed by atoms with Gasteiger partial charge in [0.15, 0.2) is 0 Å². The number of likely N-dealkylation sites (N-methyl/N-ethyl adjacent to an activating group) is 1. The number of nitrogens with one attached hydrogen (secondary N) is 2. The zero-order chi connectivity index (χ0) is 20.9. The number of aromatic amines is 2. The van der Waals surface area contributed by atoms with Crippen LogP contribution in [0.1, 0.15) is 55.6 Å². The molecule has 0 spiro atoms. The van der Waals surface area contributed by atoms with E-state index in [-0.39, 0.29) is 11.9 Å². The second-order valence-corrected chi connectivity index (χ2v) is 9.69. The summed E-state index contributed by atoms with van der Waals surface area (Å²) >= 11 is 0. The summed E-state index contributed by atoms with van der Waals surface area (Å²) in [6, 6.07) is 2.31. The predicted octanol–water partition coefficient (Wildman–Crippen LogP) is 4.59. The van der Waals surface area contributed by atoms with Gasteiger partial charge in [-0.25, -0.2) is 0 Å². The lowest BCUT2D eigenvalue weighted by Gasteiger charge is -2.29. The third-order valence-electron chi connectivity index (χ3n) is 6.87. The van der Waals surface area contributed by atoms with E-state index in [4.69, 9.17) is 0 Å². The number of aromatic nitrogens is 3. The van der Waals surface area contributed by atoms with E-state index in [0.29, 0.717) is 5.41 Å². The number of carbonyl (C=O) groups excluding carboxylic acids is 1. The lowest BCUT2D eigenvalue weighted by Crippen LogP contribution is -2.37. The SMILES string of the molecule is CN(C(=O)C1=Cc2cc(-c3n[nH]c4c3CCC(C)(C)C4)[nH]c2CC1)C1C=CC=CC1. The largest absolute Gasteiger partial charge is 0.357 e. The van der Waals surface area contributed by atoms with Crippen molar-refractivity contribution in [1.82, 2.24) is 20.1 Å². The first-order valence-electron chi connectivity index (χ1n) is 11.0. The van der Waals surface area contributed by atoms with Gasteiger partial charge in [0.2, 0.25) is 5.91 Å². The highest BCUT2D eigenvalue weighted by atomic mass is 16.2. The average Bonchev–Trinajstić information content (AvgIpc) is 3.35. The summed E-state index contributed by atoms with van der Waals surface area (Å²) in [5, 5.41) is 7.94. The van der Waals surface area contributed by atoms with Gasteiger partial charge < -0.3 is 9.88 Å². The van der Waals surface area contributed by atoms with Crippen LogP contribution in [0.2, 0.25) is 0 Å². The van der Waals surface area contributed by atoms with E-state index >= 15 is 0 Å². The molecule has 2 aromatic heterocycles. The maximum Gasteiger partial charge on any atom is 0.250 e. The molecule has 1 atom stereocenters. The first kappa shape index (κ1) is 19.2. The molecule has 0 saturated heterocycles. The second-order valence-electron chi connectivity index (χ2n) is 9.69. The molecule has 2 heterocycles. The molecule has 156 valence electrons. The Kier molecular flexibility index (Phi) is 4.57. The van der Waals surface area contributed by atoms with Crippen LogP contribution in [0, 0.1) is 5.41 Å². The Hall–Kier alpha value is -2.82. The number of hydrogen-bond donors (Lipinski definition) is 2. The molecule has 0 aliphatic heterocycles. The van der Waals surface area contributed by atoms with E-state index in [9.17, 15) is 4.79 Å². The Morgan fingerprint density at radius 2 is 2.07 bits per heavy atom. The Balaban J connectivity index is 1.39. The fourth-order valence-corrected chi connectivity index (χ4v) is 4.97. The van der Waals surface area contributed by atoms with Crippen molar-refractivity contribution in [2.24, 2.45) is 5.41 Å². The molecule has 2 aromatic rings. The Bertz CT molecular complexity index is 1080. The minimum absolute atomic E-state index is 0.132. The van der Waals surface area contributed by atoms with Gasteiger partial charge in [-0.15, -0.1) is 0 Å². The quantitative estimate of drug-likeness (QED) is 0.788. The van der Waals surface area contributed by atoms with Gasteiger partial charge in [-0.2, -0.15) is 5.10 Å². The van der Waals surface area contributed by atoms with Crippen LogP contribution in [0.3, 0.4) is 0 Å². The van der Waals surface area contributed by atoms with Crippen molar-refractivity contribution in [2.75, 3.05) is 7.05 Å². The van der Waals surface area contributed by atoms with Crippen LogP contribution in [-0.4, -0.2) is 39.1 Å². The molecule has 0 bridgehead atoms. The summed E-state index contributed by atoms with van der Waals surface area (Å²) in [5.41, 5.74) is 8.30. The molecule has 0 fully saturated rings. The van der Waals surface area contributed by atoms with Crippen molar-refractivity contribution in [3.63, 3.8) is 0 Å². The van der Waals surface area contributed by atoms with Crippen molar-refractivity contribution < 1.29 is 4.79 Å². The van der Waals surface area contributed by atoms with Gasteiger partial charge in [0, 0.05) is 29.6 Å². The lowest BCUT2D eigenvalue weighted by atomic mass is 9.76. The number of nitrogens with zero attached hydrogens (tertiary/aromatic N) is 2. The zero-order valence-electron chi connectivity index (χ0n) is 18.1. The highest BCUT2D eigenvalue weighted by Crippen LogP contribution is 2.38. The summed E-state index contributed by atoms with van der Waals surface area (Å²) < 4.78 is 0. The number of amides is 1. The van der Waals surface area contributed by atoms with Gasteiger partial charge in [-0.05, 0) is 61.6 Å². The van der Waals surface area contributed by atoms with Gasteiger partial charge in [0.05, 0.1) is 11.7 Å². The molecule has 3 aliphatic carbocycles. The first-order chi connectivity index (χ1) is 14.4. The normalized spacial score (nSPS) is 21.7. The van der Waals surface area contributed by atoms with Crippen LogP contribution >= 0.6 is 0 Å². The zero-order valence-corrected chi connectivity index (χ0v) is 18.1. The molecule has 1 amide bonds. The third-order valence-corrected chi connectivity index (χ3v) is 6.87. The van der Waals surface area contributed by atoms with Crippen molar-refractivity contribution in [2.45, 2.75) is 58.4 Å². The molecule has 30 heavy (non-hydrogen) atoms. The van der Waals surface area contributed by atoms with Crippen LogP contribution in [0.15, 0.2) is 35.9 Å². The van der Waals surface area contributed by atoms with Gasteiger partial charge in [-0.1, -0.05) is 38.2 Å². The molecule has 5 rings (SSSR count). The van der Waals surface area contributed by atoms with Gasteiger partial charge in [0.25, 0.3) is 0 Å². The number of carbonyl (C=O) groups is 1. The summed E-state index contributed by atoms with van der Waals surface area (Å²) in [6.07, 6.45) is 16.2. The summed E-state index contributed by atoms with van der Waals surface area (Å²) in [6.45, 7) is 4.65. The molecule has 2 N–H and O–H groups in total. The smallest absolute Gasteiger partial charge is 0.250 e. The molecule has 0 saturated carbocycles. The van der Waals surface area contributed by atoms with E-state index in [1.54, 1.807) is 0 Å². The second kappa shape index (κ2) is 7.15. The van der Waals surface area contributed by atoms with E-state index in [0.717, 1.165) is 54.6 Å². The molecule has 5 nitrogen and oxygen atoms in total. The number of rotatable bonds is 3. The van der Waals surface area contributed by atoms with E-state index < -0.39 is 0 Å². The third kappa shape index (κ3) is 3.36. The Morgan fingerprint density at radius 3 is 2.87 bits per heavy atom. The highest BCUT2D eigenvalue weighted by molar-refractivity contribution is 5.99. The lowest BCUT2D eigenvalue weighted by molar-refractivity contribution is -0.127. The Morgan fingerprint density at radius 1 is 1.20 bits per heavy atom. The minimum atomic E-state index is 0.132. The van der Waals surface area contributed by atoms with E-state index in [1.165, 1.54) is 23.4 Å². The molecule has 5 heteroatoms. The molecule has 0 radical (unpaired) electrons. The number of hydrogen-bond acceptors (Lipinski definition) is 2. The van der Waals surface area contributed by atoms with E-state index in [2.05, 4.69) is 53.3 Å². The van der Waals surface area contributed by atoms with Crippen LogP contribution < -0.4 is 0 Å². The minimum Gasteiger partial charge on any atom is -0.357 e. The van der Waals surface area contributed by atoms with Gasteiger partial charge in [-0.3, -0.25) is 9.89 Å². The van der Waals surface area contributed by atoms with Crippen LogP contribution in [0.5, 0.6) is 0 Å². The molecule has 1 unspecified atom stereocenters. The topological polar surface area (TPSA) is 64.8 Å². The number of allylic oxidation sites excluding steroid dienone is 2. The van der Waals surface area contributed by atoms with Crippen molar-refractivity contribution in [1.29, 1.82) is 0 Å². The van der Waals surface area contributed by atoms with Crippen molar-refractivity contribution in [3.8, 4) is 11.4 Å². The first-order valence-corrected chi connectivity index (χ1v) is 11.0. The summed E-state index contributed by atoms with van der Waals surface area (Å²) in [7, 11) is 1.91. The van der Waals surface area contributed by atoms with Crippen LogP contribution in [0.4, 0.5) is 0 Å². The summed E-state index contributed by atoms with van der Waals surface area (Å²) in [4.78, 5) is 18.5. The average molecular weight is 403 g/mol. The monoisotopic (exact) mass is 402 g/mol. The van der Waals surface area contributed by atoms with Crippen LogP contribution in [-0.2, 0) is 24.1 Å². The van der Waals surface area contributed by atoms with Gasteiger partial charge >= 0.3 is 0 Å². The number of H-pyrrole nitrogens is 2. The fourth-order valence-electron chi connectivity index (χ4n) is 4.97. The summed E-state index contributed by atoms with van der Waals surface area (Å²) in [5.74, 6) is 0.132. The molecule has 3 aliphatic rings. The van der Waals surface area contributed by atoms with Crippen molar-refractivity contribution >= 4 is 12.0 Å². The fraction of sp³-hybridized carbons (Fsp3) is 0.440. The van der Waals surface area contributed by atoms with Crippen LogP contribution in [0.25, 0.3) is 17.5 Å². The molecule has 0 aromatic carbocycles. The maximum atomic E-state index is 13.1. The Labute approximate surface area is 177 Å². The standard InChI is InChI=1S/C25H30N4O/c1-25(2)12-11-19-22(15-25)27-28-23(19)21-14-17-13-16(9-10-20(17)26-21)24(30)29(3)18-7-5-4-6-8-18/h4-7,13-14,18,26H,8-12,15H2,1-3H3,(H,27,28). The molecular formula is C25H30N4O. The van der Waals surface area contributed by atoms with E-state index in [1.807, 2.05) is 24.1 Å². The maximum absolute atomic E-state index is 13.1. The molecular weight excluding hydrogens is 372 g/mol. The van der Waals surface area contributed by atoms with Gasteiger partial charge in [0.1, 0.15) is 5.69 Å². The number of aryl methyl sites for hydroxylation is 1. The number of fused-ring (bicyclic) bond motifs is 2. The highest BCUT2D eigenvalue weighted by Gasteiger charge is 2.30. The van der Waals surface area contributed by atoms with Crippen molar-refractivity contribution in [3.05, 3.63) is 58.5 Å².